The predicted octanol–water partition coefficient (Wildman–Crippen LogP) is 3.57. The zero-order valence-electron chi connectivity index (χ0n) is 18.7. The highest BCUT2D eigenvalue weighted by molar-refractivity contribution is 7.91. The van der Waals surface area contributed by atoms with E-state index in [1.54, 1.807) is 30.3 Å². The molecule has 0 aliphatic carbocycles. The van der Waals surface area contributed by atoms with E-state index in [4.69, 9.17) is 9.47 Å². The van der Waals surface area contributed by atoms with Crippen LogP contribution in [0.4, 0.5) is 0 Å². The molecule has 0 aromatic heterocycles. The average molecular weight is 448 g/mol. The van der Waals surface area contributed by atoms with Crippen LogP contribution in [0.2, 0.25) is 0 Å². The number of guanidine groups is 1. The van der Waals surface area contributed by atoms with E-state index >= 15 is 0 Å². The fourth-order valence-corrected chi connectivity index (χ4v) is 4.11. The molecule has 1 unspecified atom stereocenters. The molecule has 170 valence electrons. The van der Waals surface area contributed by atoms with Gasteiger partial charge >= 0.3 is 0 Å². The standard InChI is InChI=1S/C23H33N3O4S/c1-5-24-23(25-15-16-31(27,28)20-11-9-8-10-12-20)26-18(4)19-13-14-21(29-6-2)22(17-19)30-7-3/h8-14,17-18H,5-7,15-16H2,1-4H3,(H2,24,25,26). The van der Waals surface area contributed by atoms with Gasteiger partial charge in [-0.25, -0.2) is 8.42 Å². The molecule has 0 spiro atoms. The van der Waals surface area contributed by atoms with Gasteiger partial charge in [-0.3, -0.25) is 4.99 Å². The maximum atomic E-state index is 12.5. The Balaban J connectivity index is 2.09. The van der Waals surface area contributed by atoms with E-state index in [0.29, 0.717) is 42.1 Å². The van der Waals surface area contributed by atoms with Crippen molar-refractivity contribution in [1.29, 1.82) is 0 Å². The Morgan fingerprint density at radius 1 is 1.00 bits per heavy atom. The van der Waals surface area contributed by atoms with E-state index in [1.165, 1.54) is 0 Å². The van der Waals surface area contributed by atoms with Crippen molar-refractivity contribution < 1.29 is 17.9 Å². The first-order valence-corrected chi connectivity index (χ1v) is 12.3. The van der Waals surface area contributed by atoms with Crippen LogP contribution in [0.5, 0.6) is 11.5 Å². The summed E-state index contributed by atoms with van der Waals surface area (Å²) in [4.78, 5) is 4.77. The number of nitrogens with zero attached hydrogens (tertiary/aromatic N) is 1. The second-order valence-corrected chi connectivity index (χ2v) is 8.94. The summed E-state index contributed by atoms with van der Waals surface area (Å²) in [6.07, 6.45) is 0. The number of hydrogen-bond acceptors (Lipinski definition) is 5. The molecule has 31 heavy (non-hydrogen) atoms. The van der Waals surface area contributed by atoms with Gasteiger partial charge in [0.05, 0.1) is 36.4 Å². The molecular formula is C23H33N3O4S. The monoisotopic (exact) mass is 447 g/mol. The SMILES string of the molecule is CCNC(=NCCS(=O)(=O)c1ccccc1)NC(C)c1ccc(OCC)c(OCC)c1. The molecule has 2 N–H and O–H groups in total. The number of nitrogens with one attached hydrogen (secondary N) is 2. The highest BCUT2D eigenvalue weighted by Crippen LogP contribution is 2.30. The third-order valence-corrected chi connectivity index (χ3v) is 6.21. The van der Waals surface area contributed by atoms with E-state index in [-0.39, 0.29) is 18.3 Å². The Hall–Kier alpha value is -2.74. The molecule has 2 aromatic rings. The van der Waals surface area contributed by atoms with Gasteiger partial charge in [0.1, 0.15) is 0 Å². The summed E-state index contributed by atoms with van der Waals surface area (Å²) in [5.74, 6) is 1.92. The molecule has 0 heterocycles. The lowest BCUT2D eigenvalue weighted by molar-refractivity contribution is 0.287. The summed E-state index contributed by atoms with van der Waals surface area (Å²) in [7, 11) is -3.37. The van der Waals surface area contributed by atoms with Crippen LogP contribution in [0.3, 0.4) is 0 Å². The smallest absolute Gasteiger partial charge is 0.191 e. The molecule has 0 aliphatic rings. The van der Waals surface area contributed by atoms with Gasteiger partial charge in [0.25, 0.3) is 0 Å². The van der Waals surface area contributed by atoms with Gasteiger partial charge in [0.15, 0.2) is 27.3 Å². The number of rotatable bonds is 11. The van der Waals surface area contributed by atoms with Crippen LogP contribution in [0, 0.1) is 0 Å². The molecule has 0 aliphatic heterocycles. The zero-order chi connectivity index (χ0) is 22.7. The molecule has 0 fully saturated rings. The summed E-state index contributed by atoms with van der Waals surface area (Å²) in [6.45, 7) is 9.78. The van der Waals surface area contributed by atoms with Gasteiger partial charge in [-0.1, -0.05) is 24.3 Å². The lowest BCUT2D eigenvalue weighted by Crippen LogP contribution is -2.39. The van der Waals surface area contributed by atoms with E-state index in [2.05, 4.69) is 15.6 Å². The van der Waals surface area contributed by atoms with Crippen molar-refractivity contribution in [2.75, 3.05) is 32.1 Å². The third kappa shape index (κ3) is 7.47. The molecule has 0 bridgehead atoms. The van der Waals surface area contributed by atoms with Gasteiger partial charge in [-0.15, -0.1) is 0 Å². The number of ether oxygens (including phenoxy) is 2. The van der Waals surface area contributed by atoms with Gasteiger partial charge in [0, 0.05) is 6.54 Å². The summed E-state index contributed by atoms with van der Waals surface area (Å²) >= 11 is 0. The van der Waals surface area contributed by atoms with Crippen molar-refractivity contribution in [2.45, 2.75) is 38.6 Å². The normalized spacial score (nSPS) is 12.8. The molecule has 2 aromatic carbocycles. The molecule has 8 heteroatoms. The molecule has 0 saturated heterocycles. The molecule has 7 nitrogen and oxygen atoms in total. The van der Waals surface area contributed by atoms with Crippen molar-refractivity contribution >= 4 is 15.8 Å². The minimum absolute atomic E-state index is 0.0560. The van der Waals surface area contributed by atoms with Crippen LogP contribution < -0.4 is 20.1 Å². The van der Waals surface area contributed by atoms with Crippen LogP contribution in [0.1, 0.15) is 39.3 Å². The number of benzene rings is 2. The van der Waals surface area contributed by atoms with Crippen LogP contribution in [0.25, 0.3) is 0 Å². The van der Waals surface area contributed by atoms with Crippen molar-refractivity contribution in [3.63, 3.8) is 0 Å². The Bertz CT molecular complexity index is 947. The lowest BCUT2D eigenvalue weighted by atomic mass is 10.1. The molecule has 1 atom stereocenters. The summed E-state index contributed by atoms with van der Waals surface area (Å²) < 4.78 is 36.3. The van der Waals surface area contributed by atoms with Crippen molar-refractivity contribution in [3.8, 4) is 11.5 Å². The Labute approximate surface area is 185 Å². The topological polar surface area (TPSA) is 89.0 Å². The first kappa shape index (κ1) is 24.5. The maximum Gasteiger partial charge on any atom is 0.191 e. The van der Waals surface area contributed by atoms with Gasteiger partial charge in [-0.05, 0) is 57.5 Å². The number of sulfone groups is 1. The minimum atomic E-state index is -3.37. The predicted molar refractivity (Wildman–Crippen MR) is 125 cm³/mol. The van der Waals surface area contributed by atoms with Crippen LogP contribution in [0.15, 0.2) is 58.4 Å². The van der Waals surface area contributed by atoms with Crippen molar-refractivity contribution in [1.82, 2.24) is 10.6 Å². The van der Waals surface area contributed by atoms with E-state index in [9.17, 15) is 8.42 Å². The van der Waals surface area contributed by atoms with Crippen LogP contribution in [-0.2, 0) is 9.84 Å². The zero-order valence-corrected chi connectivity index (χ0v) is 19.5. The second-order valence-electron chi connectivity index (χ2n) is 6.83. The van der Waals surface area contributed by atoms with Crippen LogP contribution in [-0.4, -0.2) is 46.4 Å². The molecule has 0 amide bonds. The molecule has 0 saturated carbocycles. The number of aliphatic imine (C=N–C) groups is 1. The van der Waals surface area contributed by atoms with Crippen molar-refractivity contribution in [3.05, 3.63) is 54.1 Å². The summed E-state index contributed by atoms with van der Waals surface area (Å²) in [5, 5.41) is 6.50. The fourth-order valence-electron chi connectivity index (χ4n) is 2.97. The van der Waals surface area contributed by atoms with Gasteiger partial charge in [0.2, 0.25) is 0 Å². The Kier molecular flexibility index (Phi) is 9.65. The quantitative estimate of drug-likeness (QED) is 0.404. The number of hydrogen-bond donors (Lipinski definition) is 2. The first-order chi connectivity index (χ1) is 14.9. The largest absolute Gasteiger partial charge is 0.490 e. The highest BCUT2D eigenvalue weighted by atomic mass is 32.2. The highest BCUT2D eigenvalue weighted by Gasteiger charge is 2.15. The maximum absolute atomic E-state index is 12.5. The molecular weight excluding hydrogens is 414 g/mol. The fraction of sp³-hybridized carbons (Fsp3) is 0.435. The first-order valence-electron chi connectivity index (χ1n) is 10.6. The average Bonchev–Trinajstić information content (AvgIpc) is 2.76. The van der Waals surface area contributed by atoms with E-state index in [0.717, 1.165) is 5.56 Å². The van der Waals surface area contributed by atoms with E-state index < -0.39 is 9.84 Å². The summed E-state index contributed by atoms with van der Waals surface area (Å²) in [5.41, 5.74) is 1.01. The Morgan fingerprint density at radius 2 is 1.68 bits per heavy atom. The van der Waals surface area contributed by atoms with Crippen LogP contribution >= 0.6 is 0 Å². The third-order valence-electron chi connectivity index (χ3n) is 4.50. The minimum Gasteiger partial charge on any atom is -0.490 e. The summed E-state index contributed by atoms with van der Waals surface area (Å²) in [6, 6.07) is 14.2. The molecule has 2 rings (SSSR count). The molecule has 0 radical (unpaired) electrons. The van der Waals surface area contributed by atoms with Crippen molar-refractivity contribution in [2.24, 2.45) is 4.99 Å². The lowest BCUT2D eigenvalue weighted by Gasteiger charge is -2.20. The van der Waals surface area contributed by atoms with E-state index in [1.807, 2.05) is 45.9 Å². The second kappa shape index (κ2) is 12.2. The Morgan fingerprint density at radius 3 is 2.32 bits per heavy atom. The van der Waals surface area contributed by atoms with Gasteiger partial charge in [-0.2, -0.15) is 0 Å². The van der Waals surface area contributed by atoms with Gasteiger partial charge < -0.3 is 20.1 Å².